The van der Waals surface area contributed by atoms with Crippen molar-refractivity contribution in [3.8, 4) is 5.75 Å². The molecule has 0 saturated carbocycles. The standard InChI is InChI=1S/C13H16N2O/c1-3-16-13-6-4-11(5-7-13)9-12-8-10(2)14-15-12/h4-8H,3,9H2,1-2H3,(H,14,15). The largest absolute Gasteiger partial charge is 0.494 e. The summed E-state index contributed by atoms with van der Waals surface area (Å²) in [7, 11) is 0. The van der Waals surface area contributed by atoms with E-state index in [1.165, 1.54) is 5.56 Å². The maximum Gasteiger partial charge on any atom is 0.119 e. The van der Waals surface area contributed by atoms with Gasteiger partial charge in [-0.3, -0.25) is 5.10 Å². The van der Waals surface area contributed by atoms with Gasteiger partial charge < -0.3 is 4.74 Å². The van der Waals surface area contributed by atoms with Crippen LogP contribution in [-0.4, -0.2) is 16.8 Å². The van der Waals surface area contributed by atoms with E-state index >= 15 is 0 Å². The molecule has 84 valence electrons. The zero-order chi connectivity index (χ0) is 11.4. The van der Waals surface area contributed by atoms with Gasteiger partial charge in [0.1, 0.15) is 5.75 Å². The minimum Gasteiger partial charge on any atom is -0.494 e. The molecular weight excluding hydrogens is 200 g/mol. The first-order valence-corrected chi connectivity index (χ1v) is 5.50. The summed E-state index contributed by atoms with van der Waals surface area (Å²) in [5.74, 6) is 0.921. The topological polar surface area (TPSA) is 37.9 Å². The number of hydrogen-bond acceptors (Lipinski definition) is 2. The molecule has 0 radical (unpaired) electrons. The van der Waals surface area contributed by atoms with E-state index in [1.807, 2.05) is 26.0 Å². The van der Waals surface area contributed by atoms with Crippen LogP contribution in [0.15, 0.2) is 30.3 Å². The minimum absolute atomic E-state index is 0.706. The normalized spacial score (nSPS) is 10.4. The Kier molecular flexibility index (Phi) is 3.25. The summed E-state index contributed by atoms with van der Waals surface area (Å²) < 4.78 is 5.39. The van der Waals surface area contributed by atoms with Crippen LogP contribution in [0.2, 0.25) is 0 Å². The lowest BCUT2D eigenvalue weighted by atomic mass is 10.1. The van der Waals surface area contributed by atoms with Gasteiger partial charge >= 0.3 is 0 Å². The molecule has 0 unspecified atom stereocenters. The van der Waals surface area contributed by atoms with Crippen molar-refractivity contribution in [1.29, 1.82) is 0 Å². The molecule has 0 aliphatic rings. The van der Waals surface area contributed by atoms with Crippen molar-refractivity contribution in [2.45, 2.75) is 20.3 Å². The van der Waals surface area contributed by atoms with Gasteiger partial charge in [0.05, 0.1) is 12.3 Å². The quantitative estimate of drug-likeness (QED) is 0.853. The Balaban J connectivity index is 2.05. The van der Waals surface area contributed by atoms with Gasteiger partial charge in [-0.05, 0) is 37.6 Å². The molecule has 2 rings (SSSR count). The van der Waals surface area contributed by atoms with Crippen LogP contribution in [0, 0.1) is 6.92 Å². The fraction of sp³-hybridized carbons (Fsp3) is 0.308. The highest BCUT2D eigenvalue weighted by Crippen LogP contribution is 2.14. The smallest absolute Gasteiger partial charge is 0.119 e. The van der Waals surface area contributed by atoms with Crippen LogP contribution in [0.3, 0.4) is 0 Å². The summed E-state index contributed by atoms with van der Waals surface area (Å²) in [6.45, 7) is 4.70. The van der Waals surface area contributed by atoms with Crippen LogP contribution in [0.25, 0.3) is 0 Å². The second kappa shape index (κ2) is 4.84. The summed E-state index contributed by atoms with van der Waals surface area (Å²) >= 11 is 0. The zero-order valence-electron chi connectivity index (χ0n) is 9.66. The van der Waals surface area contributed by atoms with Gasteiger partial charge in [0.25, 0.3) is 0 Å². The van der Waals surface area contributed by atoms with Crippen molar-refractivity contribution in [3.05, 3.63) is 47.3 Å². The molecule has 0 spiro atoms. The number of aromatic nitrogens is 2. The number of nitrogens with zero attached hydrogens (tertiary/aromatic N) is 1. The number of aromatic amines is 1. The first-order chi connectivity index (χ1) is 7.78. The molecular formula is C13H16N2O. The van der Waals surface area contributed by atoms with Gasteiger partial charge in [-0.2, -0.15) is 5.10 Å². The molecule has 0 aliphatic heterocycles. The summed E-state index contributed by atoms with van der Waals surface area (Å²) in [4.78, 5) is 0. The van der Waals surface area contributed by atoms with E-state index in [0.717, 1.165) is 23.6 Å². The third-order valence-electron chi connectivity index (χ3n) is 2.38. The number of H-pyrrole nitrogens is 1. The van der Waals surface area contributed by atoms with Crippen LogP contribution >= 0.6 is 0 Å². The predicted octanol–water partition coefficient (Wildman–Crippen LogP) is 2.71. The summed E-state index contributed by atoms with van der Waals surface area (Å²) in [5.41, 5.74) is 3.41. The number of benzene rings is 1. The van der Waals surface area contributed by atoms with Gasteiger partial charge in [0.2, 0.25) is 0 Å². The highest BCUT2D eigenvalue weighted by Gasteiger charge is 2.00. The lowest BCUT2D eigenvalue weighted by molar-refractivity contribution is 0.340. The second-order valence-electron chi connectivity index (χ2n) is 3.80. The molecule has 0 atom stereocenters. The average molecular weight is 216 g/mol. The first-order valence-electron chi connectivity index (χ1n) is 5.50. The molecule has 3 nitrogen and oxygen atoms in total. The Hall–Kier alpha value is -1.77. The number of rotatable bonds is 4. The monoisotopic (exact) mass is 216 g/mol. The van der Waals surface area contributed by atoms with Crippen LogP contribution in [0.5, 0.6) is 5.75 Å². The summed E-state index contributed by atoms with van der Waals surface area (Å²) in [6, 6.07) is 10.2. The minimum atomic E-state index is 0.706. The molecule has 0 fully saturated rings. The third kappa shape index (κ3) is 2.63. The van der Waals surface area contributed by atoms with Crippen molar-refractivity contribution >= 4 is 0 Å². The zero-order valence-corrected chi connectivity index (χ0v) is 9.66. The molecule has 0 saturated heterocycles. The van der Waals surface area contributed by atoms with E-state index < -0.39 is 0 Å². The maximum absolute atomic E-state index is 5.39. The lowest BCUT2D eigenvalue weighted by Gasteiger charge is -2.03. The molecule has 3 heteroatoms. The summed E-state index contributed by atoms with van der Waals surface area (Å²) in [6.07, 6.45) is 0.858. The predicted molar refractivity (Wildman–Crippen MR) is 63.7 cm³/mol. The Morgan fingerprint density at radius 2 is 2.00 bits per heavy atom. The highest BCUT2D eigenvalue weighted by molar-refractivity contribution is 5.29. The van der Waals surface area contributed by atoms with Gasteiger partial charge in [-0.15, -0.1) is 0 Å². The third-order valence-corrected chi connectivity index (χ3v) is 2.38. The number of aryl methyl sites for hydroxylation is 1. The SMILES string of the molecule is CCOc1ccc(Cc2cc(C)[nH]n2)cc1. The van der Waals surface area contributed by atoms with Crippen LogP contribution in [0.1, 0.15) is 23.9 Å². The Morgan fingerprint density at radius 3 is 2.56 bits per heavy atom. The second-order valence-corrected chi connectivity index (χ2v) is 3.80. The van der Waals surface area contributed by atoms with Crippen molar-refractivity contribution in [2.24, 2.45) is 0 Å². The Bertz CT molecular complexity index is 445. The van der Waals surface area contributed by atoms with E-state index in [4.69, 9.17) is 4.74 Å². The van der Waals surface area contributed by atoms with E-state index in [0.29, 0.717) is 6.61 Å². The number of ether oxygens (including phenoxy) is 1. The van der Waals surface area contributed by atoms with Crippen molar-refractivity contribution in [2.75, 3.05) is 6.61 Å². The number of hydrogen-bond donors (Lipinski definition) is 1. The van der Waals surface area contributed by atoms with Crippen molar-refractivity contribution in [3.63, 3.8) is 0 Å². The van der Waals surface area contributed by atoms with Gasteiger partial charge in [-0.25, -0.2) is 0 Å². The first kappa shape index (κ1) is 10.7. The maximum atomic E-state index is 5.39. The molecule has 1 heterocycles. The molecule has 0 bridgehead atoms. The van der Waals surface area contributed by atoms with Gasteiger partial charge in [0, 0.05) is 12.1 Å². The summed E-state index contributed by atoms with van der Waals surface area (Å²) in [5, 5.41) is 7.16. The van der Waals surface area contributed by atoms with Gasteiger partial charge in [-0.1, -0.05) is 12.1 Å². The number of nitrogens with one attached hydrogen (secondary N) is 1. The molecule has 1 aromatic heterocycles. The van der Waals surface area contributed by atoms with Crippen molar-refractivity contribution < 1.29 is 4.74 Å². The van der Waals surface area contributed by atoms with E-state index in [9.17, 15) is 0 Å². The average Bonchev–Trinajstić information content (AvgIpc) is 2.67. The Labute approximate surface area is 95.5 Å². The molecule has 1 aromatic carbocycles. The lowest BCUT2D eigenvalue weighted by Crippen LogP contribution is -1.92. The molecule has 2 aromatic rings. The van der Waals surface area contributed by atoms with Crippen LogP contribution in [-0.2, 0) is 6.42 Å². The highest BCUT2D eigenvalue weighted by atomic mass is 16.5. The van der Waals surface area contributed by atoms with Crippen LogP contribution < -0.4 is 4.74 Å². The van der Waals surface area contributed by atoms with Gasteiger partial charge in [0.15, 0.2) is 0 Å². The van der Waals surface area contributed by atoms with E-state index in [1.54, 1.807) is 0 Å². The fourth-order valence-corrected chi connectivity index (χ4v) is 1.64. The Morgan fingerprint density at radius 1 is 1.25 bits per heavy atom. The van der Waals surface area contributed by atoms with Crippen LogP contribution in [0.4, 0.5) is 0 Å². The van der Waals surface area contributed by atoms with E-state index in [2.05, 4.69) is 28.4 Å². The fourth-order valence-electron chi connectivity index (χ4n) is 1.64. The van der Waals surface area contributed by atoms with Crippen molar-refractivity contribution in [1.82, 2.24) is 10.2 Å². The van der Waals surface area contributed by atoms with E-state index in [-0.39, 0.29) is 0 Å². The molecule has 0 amide bonds. The molecule has 0 aliphatic carbocycles. The molecule has 16 heavy (non-hydrogen) atoms. The molecule has 1 N–H and O–H groups in total.